The summed E-state index contributed by atoms with van der Waals surface area (Å²) in [5.74, 6) is -0.120. The highest BCUT2D eigenvalue weighted by atomic mass is 35.5. The first kappa shape index (κ1) is 13.1. The normalized spacial score (nSPS) is 12.7. The minimum atomic E-state index is -1.15. The number of halogens is 2. The van der Waals surface area contributed by atoms with E-state index in [1.807, 2.05) is 6.92 Å². The van der Waals surface area contributed by atoms with E-state index in [1.54, 1.807) is 23.0 Å². The Morgan fingerprint density at radius 2 is 2.28 bits per heavy atom. The molecule has 0 saturated heterocycles. The van der Waals surface area contributed by atoms with E-state index >= 15 is 0 Å². The summed E-state index contributed by atoms with van der Waals surface area (Å²) in [4.78, 5) is 4.08. The summed E-state index contributed by atoms with van der Waals surface area (Å²) >= 11 is 5.93. The number of aromatic nitrogens is 2. The van der Waals surface area contributed by atoms with Crippen LogP contribution in [0.4, 0.5) is 4.39 Å². The van der Waals surface area contributed by atoms with Crippen molar-refractivity contribution in [1.29, 1.82) is 0 Å². The van der Waals surface area contributed by atoms with Gasteiger partial charge in [0.2, 0.25) is 0 Å². The first-order chi connectivity index (χ1) is 8.65. The van der Waals surface area contributed by atoms with E-state index in [0.717, 1.165) is 13.0 Å². The molecule has 0 fully saturated rings. The second-order valence-electron chi connectivity index (χ2n) is 4.02. The van der Waals surface area contributed by atoms with Crippen LogP contribution in [0.25, 0.3) is 0 Å². The van der Waals surface area contributed by atoms with Gasteiger partial charge in [-0.1, -0.05) is 24.6 Å². The quantitative estimate of drug-likeness (QED) is 0.925. The second-order valence-corrected chi connectivity index (χ2v) is 4.42. The van der Waals surface area contributed by atoms with Crippen LogP contribution in [-0.4, -0.2) is 14.7 Å². The molecule has 3 nitrogen and oxygen atoms in total. The molecule has 2 aromatic rings. The average molecular weight is 269 g/mol. The standard InChI is InChI=1S/C13H14ClFN2O/c1-2-7-17-8-6-16-13(17)12(18)11-9(14)4-3-5-10(11)15/h3-6,8,12,18H,2,7H2,1H3. The van der Waals surface area contributed by atoms with Crippen LogP contribution >= 0.6 is 11.6 Å². The Bertz CT molecular complexity index is 521. The molecule has 0 radical (unpaired) electrons. The Morgan fingerprint density at radius 1 is 1.50 bits per heavy atom. The number of hydrogen-bond donors (Lipinski definition) is 1. The molecule has 96 valence electrons. The molecule has 0 aliphatic rings. The van der Waals surface area contributed by atoms with Gasteiger partial charge in [0, 0.05) is 29.5 Å². The van der Waals surface area contributed by atoms with Gasteiger partial charge in [-0.05, 0) is 18.6 Å². The topological polar surface area (TPSA) is 38.0 Å². The Kier molecular flexibility index (Phi) is 3.99. The van der Waals surface area contributed by atoms with Gasteiger partial charge >= 0.3 is 0 Å². The van der Waals surface area contributed by atoms with Gasteiger partial charge in [-0.25, -0.2) is 9.37 Å². The molecule has 1 unspecified atom stereocenters. The van der Waals surface area contributed by atoms with Gasteiger partial charge in [0.05, 0.1) is 0 Å². The largest absolute Gasteiger partial charge is 0.380 e. The maximum absolute atomic E-state index is 13.7. The predicted octanol–water partition coefficient (Wildman–Crippen LogP) is 3.17. The van der Waals surface area contributed by atoms with Crippen molar-refractivity contribution >= 4 is 11.6 Å². The summed E-state index contributed by atoms with van der Waals surface area (Å²) in [6.07, 6.45) is 3.10. The monoisotopic (exact) mass is 268 g/mol. The molecule has 0 amide bonds. The zero-order chi connectivity index (χ0) is 13.1. The average Bonchev–Trinajstić information content (AvgIpc) is 2.77. The van der Waals surface area contributed by atoms with Gasteiger partial charge in [-0.3, -0.25) is 0 Å². The Balaban J connectivity index is 2.41. The van der Waals surface area contributed by atoms with Crippen molar-refractivity contribution in [3.8, 4) is 0 Å². The number of aliphatic hydroxyl groups excluding tert-OH is 1. The van der Waals surface area contributed by atoms with Crippen molar-refractivity contribution in [2.75, 3.05) is 0 Å². The number of hydrogen-bond acceptors (Lipinski definition) is 2. The summed E-state index contributed by atoms with van der Waals surface area (Å²) < 4.78 is 15.5. The zero-order valence-corrected chi connectivity index (χ0v) is 10.7. The number of aliphatic hydroxyl groups is 1. The molecule has 1 N–H and O–H groups in total. The third-order valence-corrected chi connectivity index (χ3v) is 3.06. The number of imidazole rings is 1. The molecule has 1 atom stereocenters. The minimum absolute atomic E-state index is 0.0720. The summed E-state index contributed by atoms with van der Waals surface area (Å²) in [5, 5.41) is 10.4. The molecule has 18 heavy (non-hydrogen) atoms. The molecule has 0 saturated carbocycles. The molecule has 1 aromatic heterocycles. The van der Waals surface area contributed by atoms with Crippen molar-refractivity contribution < 1.29 is 9.50 Å². The number of nitrogens with zero attached hydrogens (tertiary/aromatic N) is 2. The van der Waals surface area contributed by atoms with E-state index in [2.05, 4.69) is 4.98 Å². The zero-order valence-electron chi connectivity index (χ0n) is 9.98. The van der Waals surface area contributed by atoms with E-state index in [-0.39, 0.29) is 10.6 Å². The Labute approximate surface area is 110 Å². The fraction of sp³-hybridized carbons (Fsp3) is 0.308. The molecule has 0 spiro atoms. The summed E-state index contributed by atoms with van der Waals surface area (Å²) in [7, 11) is 0. The first-order valence-electron chi connectivity index (χ1n) is 5.78. The smallest absolute Gasteiger partial charge is 0.142 e. The lowest BCUT2D eigenvalue weighted by molar-refractivity contribution is 0.199. The highest BCUT2D eigenvalue weighted by molar-refractivity contribution is 6.31. The van der Waals surface area contributed by atoms with Crippen LogP contribution in [0.15, 0.2) is 30.6 Å². The van der Waals surface area contributed by atoms with Gasteiger partial charge in [-0.2, -0.15) is 0 Å². The molecule has 0 aliphatic heterocycles. The van der Waals surface area contributed by atoms with Crippen LogP contribution in [0.1, 0.15) is 30.8 Å². The molecular weight excluding hydrogens is 255 g/mol. The third kappa shape index (κ3) is 2.40. The summed E-state index contributed by atoms with van der Waals surface area (Å²) in [6, 6.07) is 4.33. The number of benzene rings is 1. The van der Waals surface area contributed by atoms with E-state index in [1.165, 1.54) is 12.1 Å². The third-order valence-electron chi connectivity index (χ3n) is 2.73. The van der Waals surface area contributed by atoms with Crippen molar-refractivity contribution in [3.05, 3.63) is 52.8 Å². The Hall–Kier alpha value is -1.39. The summed E-state index contributed by atoms with van der Waals surface area (Å²) in [6.45, 7) is 2.74. The molecule has 1 heterocycles. The van der Waals surface area contributed by atoms with Gasteiger partial charge in [0.15, 0.2) is 0 Å². The van der Waals surface area contributed by atoms with Crippen LogP contribution in [0.2, 0.25) is 5.02 Å². The predicted molar refractivity (Wildman–Crippen MR) is 68.0 cm³/mol. The van der Waals surface area contributed by atoms with Crippen LogP contribution in [0, 0.1) is 5.82 Å². The lowest BCUT2D eigenvalue weighted by atomic mass is 10.1. The van der Waals surface area contributed by atoms with Crippen LogP contribution in [-0.2, 0) is 6.54 Å². The van der Waals surface area contributed by atoms with E-state index < -0.39 is 11.9 Å². The molecule has 1 aromatic carbocycles. The highest BCUT2D eigenvalue weighted by Crippen LogP contribution is 2.29. The van der Waals surface area contributed by atoms with Crippen LogP contribution < -0.4 is 0 Å². The minimum Gasteiger partial charge on any atom is -0.380 e. The van der Waals surface area contributed by atoms with Gasteiger partial charge < -0.3 is 9.67 Å². The van der Waals surface area contributed by atoms with Gasteiger partial charge in [0.1, 0.15) is 17.7 Å². The van der Waals surface area contributed by atoms with E-state index in [4.69, 9.17) is 11.6 Å². The molecular formula is C13H14ClFN2O. The van der Waals surface area contributed by atoms with Crippen molar-refractivity contribution in [2.45, 2.75) is 26.0 Å². The lowest BCUT2D eigenvalue weighted by Crippen LogP contribution is -2.11. The Morgan fingerprint density at radius 3 is 2.94 bits per heavy atom. The highest BCUT2D eigenvalue weighted by Gasteiger charge is 2.22. The van der Waals surface area contributed by atoms with E-state index in [0.29, 0.717) is 5.82 Å². The SMILES string of the molecule is CCCn1ccnc1C(O)c1c(F)cccc1Cl. The second kappa shape index (κ2) is 5.50. The van der Waals surface area contributed by atoms with Crippen LogP contribution in [0.5, 0.6) is 0 Å². The summed E-state index contributed by atoms with van der Waals surface area (Å²) in [5.41, 5.74) is 0.0720. The lowest BCUT2D eigenvalue weighted by Gasteiger charge is -2.15. The maximum Gasteiger partial charge on any atom is 0.142 e. The fourth-order valence-electron chi connectivity index (χ4n) is 1.90. The van der Waals surface area contributed by atoms with Gasteiger partial charge in [0.25, 0.3) is 0 Å². The molecule has 0 bridgehead atoms. The first-order valence-corrected chi connectivity index (χ1v) is 6.16. The van der Waals surface area contributed by atoms with Crippen LogP contribution in [0.3, 0.4) is 0 Å². The molecule has 5 heteroatoms. The molecule has 0 aliphatic carbocycles. The number of rotatable bonds is 4. The van der Waals surface area contributed by atoms with Gasteiger partial charge in [-0.15, -0.1) is 0 Å². The van der Waals surface area contributed by atoms with Crippen molar-refractivity contribution in [2.24, 2.45) is 0 Å². The van der Waals surface area contributed by atoms with Crippen molar-refractivity contribution in [1.82, 2.24) is 9.55 Å². The van der Waals surface area contributed by atoms with Crippen molar-refractivity contribution in [3.63, 3.8) is 0 Å². The molecule has 2 rings (SSSR count). The number of aryl methyl sites for hydroxylation is 1. The maximum atomic E-state index is 13.7. The fourth-order valence-corrected chi connectivity index (χ4v) is 2.17. The van der Waals surface area contributed by atoms with E-state index in [9.17, 15) is 9.50 Å².